The minimum absolute atomic E-state index is 1.10. The zero-order valence-electron chi connectivity index (χ0n) is 25.0. The van der Waals surface area contributed by atoms with Crippen molar-refractivity contribution >= 4 is 43.6 Å². The van der Waals surface area contributed by atoms with E-state index in [2.05, 4.69) is 165 Å². The molecule has 0 atom stereocenters. The van der Waals surface area contributed by atoms with Gasteiger partial charge in [-0.1, -0.05) is 60.7 Å². The highest BCUT2D eigenvalue weighted by atomic mass is 15.0. The number of benzene rings is 6. The SMILES string of the molecule is c1ccc(-n2c3ccc4c(-c5ccncc5)ccc(c4c3)n(-c3ccccc3)c3ccc4c(-c5ccncc5)ccc2c4c3)cc1. The summed E-state index contributed by atoms with van der Waals surface area (Å²) in [6.07, 6.45) is 7.45. The van der Waals surface area contributed by atoms with Gasteiger partial charge in [0.25, 0.3) is 0 Å². The summed E-state index contributed by atoms with van der Waals surface area (Å²) < 4.78 is 4.78. The monoisotopic (exact) mass is 588 g/mol. The van der Waals surface area contributed by atoms with Crippen LogP contribution in [0.5, 0.6) is 0 Å². The highest BCUT2D eigenvalue weighted by Crippen LogP contribution is 2.38. The maximum atomic E-state index is 4.28. The van der Waals surface area contributed by atoms with Crippen molar-refractivity contribution in [1.29, 1.82) is 0 Å². The van der Waals surface area contributed by atoms with Crippen LogP contribution in [0.3, 0.4) is 0 Å². The topological polar surface area (TPSA) is 35.6 Å². The molecule has 0 saturated carbocycles. The highest BCUT2D eigenvalue weighted by Gasteiger charge is 2.15. The lowest BCUT2D eigenvalue weighted by atomic mass is 9.96. The molecule has 0 fully saturated rings. The first-order valence-corrected chi connectivity index (χ1v) is 15.5. The van der Waals surface area contributed by atoms with Crippen molar-refractivity contribution in [3.8, 4) is 33.6 Å². The Labute approximate surface area is 266 Å². The molecule has 4 bridgehead atoms. The van der Waals surface area contributed by atoms with Crippen LogP contribution in [0.15, 0.2) is 170 Å². The van der Waals surface area contributed by atoms with E-state index < -0.39 is 0 Å². The van der Waals surface area contributed by atoms with Crippen molar-refractivity contribution < 1.29 is 0 Å². The zero-order valence-corrected chi connectivity index (χ0v) is 25.0. The van der Waals surface area contributed by atoms with Gasteiger partial charge in [-0.25, -0.2) is 0 Å². The molecule has 4 heteroatoms. The lowest BCUT2D eigenvalue weighted by Gasteiger charge is -2.20. The average molecular weight is 589 g/mol. The maximum Gasteiger partial charge on any atom is 0.0541 e. The van der Waals surface area contributed by atoms with Crippen LogP contribution in [0.2, 0.25) is 0 Å². The molecule has 0 saturated heterocycles. The molecule has 0 spiro atoms. The summed E-state index contributed by atoms with van der Waals surface area (Å²) in [5.41, 5.74) is 11.3. The van der Waals surface area contributed by atoms with Gasteiger partial charge in [0.05, 0.1) is 11.0 Å². The van der Waals surface area contributed by atoms with E-state index >= 15 is 0 Å². The van der Waals surface area contributed by atoms with Gasteiger partial charge in [-0.3, -0.25) is 9.97 Å². The molecule has 3 aromatic heterocycles. The van der Waals surface area contributed by atoms with Crippen molar-refractivity contribution in [2.24, 2.45) is 0 Å². The number of rotatable bonds is 4. The first kappa shape index (κ1) is 26.2. The van der Waals surface area contributed by atoms with E-state index in [4.69, 9.17) is 0 Å². The number of aromatic nitrogens is 4. The fraction of sp³-hybridized carbons (Fsp3) is 0. The van der Waals surface area contributed by atoms with E-state index in [-0.39, 0.29) is 0 Å². The summed E-state index contributed by atoms with van der Waals surface area (Å²) in [6.45, 7) is 0. The van der Waals surface area contributed by atoms with Crippen molar-refractivity contribution in [2.45, 2.75) is 0 Å². The second-order valence-electron chi connectivity index (χ2n) is 11.5. The Morgan fingerprint density at radius 3 is 1.17 bits per heavy atom. The lowest BCUT2D eigenvalue weighted by Crippen LogP contribution is -2.02. The molecule has 6 aromatic carbocycles. The molecule has 9 aromatic rings. The Morgan fingerprint density at radius 1 is 0.348 bits per heavy atom. The van der Waals surface area contributed by atoms with Crippen LogP contribution in [0.4, 0.5) is 0 Å². The van der Waals surface area contributed by atoms with E-state index in [1.54, 1.807) is 0 Å². The Morgan fingerprint density at radius 2 is 0.761 bits per heavy atom. The van der Waals surface area contributed by atoms with Gasteiger partial charge in [0.15, 0.2) is 0 Å². The molecule has 216 valence electrons. The maximum absolute atomic E-state index is 4.28. The normalized spacial score (nSPS) is 11.5. The molecule has 0 aliphatic heterocycles. The number of fused-ring (bicyclic) bond motifs is 2. The summed E-state index contributed by atoms with van der Waals surface area (Å²) in [7, 11) is 0. The van der Waals surface area contributed by atoms with Crippen LogP contribution in [0, 0.1) is 0 Å². The number of pyridine rings is 2. The van der Waals surface area contributed by atoms with Crippen LogP contribution in [0.1, 0.15) is 0 Å². The Balaban J connectivity index is 1.53. The highest BCUT2D eigenvalue weighted by molar-refractivity contribution is 6.10. The molecule has 0 amide bonds. The summed E-state index contributed by atoms with van der Waals surface area (Å²) in [6, 6.07) is 52.5. The minimum Gasteiger partial charge on any atom is -0.310 e. The van der Waals surface area contributed by atoms with Crippen molar-refractivity contribution in [1.82, 2.24) is 19.1 Å². The largest absolute Gasteiger partial charge is 0.310 e. The summed E-state index contributed by atoms with van der Waals surface area (Å²) in [5, 5.41) is 4.73. The number of nitrogens with zero attached hydrogens (tertiary/aromatic N) is 4. The molecule has 4 nitrogen and oxygen atoms in total. The number of hydrogen-bond donors (Lipinski definition) is 0. The number of para-hydroxylation sites is 2. The van der Waals surface area contributed by atoms with Crippen LogP contribution in [-0.4, -0.2) is 19.1 Å². The Hall–Kier alpha value is -6.26. The second-order valence-corrected chi connectivity index (χ2v) is 11.5. The zero-order chi connectivity index (χ0) is 30.5. The molecule has 46 heavy (non-hydrogen) atoms. The molecule has 0 radical (unpaired) electrons. The predicted octanol–water partition coefficient (Wildman–Crippen LogP) is 10.6. The van der Waals surface area contributed by atoms with Gasteiger partial charge in [-0.2, -0.15) is 0 Å². The van der Waals surface area contributed by atoms with Gasteiger partial charge in [0.1, 0.15) is 0 Å². The summed E-state index contributed by atoms with van der Waals surface area (Å²) >= 11 is 0. The minimum atomic E-state index is 1.10. The van der Waals surface area contributed by atoms with Gasteiger partial charge in [-0.05, 0) is 118 Å². The third-order valence-corrected chi connectivity index (χ3v) is 8.96. The van der Waals surface area contributed by atoms with Crippen LogP contribution < -0.4 is 0 Å². The average Bonchev–Trinajstić information content (AvgIpc) is 3.13. The van der Waals surface area contributed by atoms with Gasteiger partial charge in [0, 0.05) is 58.0 Å². The third kappa shape index (κ3) is 4.23. The van der Waals surface area contributed by atoms with Crippen LogP contribution >= 0.6 is 0 Å². The predicted molar refractivity (Wildman–Crippen MR) is 190 cm³/mol. The number of hydrogen-bond acceptors (Lipinski definition) is 2. The van der Waals surface area contributed by atoms with Gasteiger partial charge in [0.2, 0.25) is 0 Å². The van der Waals surface area contributed by atoms with Crippen molar-refractivity contribution in [2.75, 3.05) is 0 Å². The molecule has 9 rings (SSSR count). The molecular weight excluding hydrogens is 560 g/mol. The summed E-state index contributed by atoms with van der Waals surface area (Å²) in [4.78, 5) is 8.56. The van der Waals surface area contributed by atoms with Crippen molar-refractivity contribution in [3.05, 3.63) is 170 Å². The Kier molecular flexibility index (Phi) is 6.10. The van der Waals surface area contributed by atoms with Gasteiger partial charge < -0.3 is 9.13 Å². The fourth-order valence-electron chi connectivity index (χ4n) is 6.88. The standard InChI is InChI=1S/C42H28N4/c1-3-7-31(8-4-1)45-33-11-13-38-36(30-21-25-44-26-22-30)16-18-42(40(38)27-33)46(32-9-5-2-6-10-32)34-12-14-37-35(29-19-23-43-24-20-29)15-17-41(45)39(37)28-34/h1-28H. The quantitative estimate of drug-likeness (QED) is 0.205. The fourth-order valence-corrected chi connectivity index (χ4v) is 6.88. The van der Waals surface area contributed by atoms with E-state index in [0.717, 1.165) is 44.6 Å². The lowest BCUT2D eigenvalue weighted by molar-refractivity contribution is 1.15. The molecule has 0 unspecified atom stereocenters. The Bertz CT molecular complexity index is 2370. The van der Waals surface area contributed by atoms with Crippen LogP contribution in [0.25, 0.3) is 77.2 Å². The van der Waals surface area contributed by atoms with E-state index in [1.807, 2.05) is 24.8 Å². The first-order chi connectivity index (χ1) is 22.8. The molecule has 0 N–H and O–H groups in total. The van der Waals surface area contributed by atoms with Crippen molar-refractivity contribution in [3.63, 3.8) is 0 Å². The molecule has 3 heterocycles. The summed E-state index contributed by atoms with van der Waals surface area (Å²) in [5.74, 6) is 0. The molecule has 0 aliphatic carbocycles. The van der Waals surface area contributed by atoms with E-state index in [9.17, 15) is 0 Å². The van der Waals surface area contributed by atoms with E-state index in [0.29, 0.717) is 0 Å². The van der Waals surface area contributed by atoms with Crippen LogP contribution in [-0.2, 0) is 0 Å². The molecule has 0 aliphatic rings. The van der Waals surface area contributed by atoms with E-state index in [1.165, 1.54) is 32.7 Å². The second kappa shape index (κ2) is 10.7. The first-order valence-electron chi connectivity index (χ1n) is 15.5. The third-order valence-electron chi connectivity index (χ3n) is 8.96. The van der Waals surface area contributed by atoms with Gasteiger partial charge in [-0.15, -0.1) is 0 Å². The van der Waals surface area contributed by atoms with Gasteiger partial charge >= 0.3 is 0 Å². The smallest absolute Gasteiger partial charge is 0.0541 e. The molecular formula is C42H28N4.